The maximum atomic E-state index is 11.8. The summed E-state index contributed by atoms with van der Waals surface area (Å²) in [7, 11) is 0. The predicted octanol–water partition coefficient (Wildman–Crippen LogP) is 1.78. The Morgan fingerprint density at radius 2 is 2.00 bits per heavy atom. The van der Waals surface area contributed by atoms with Crippen LogP contribution in [-0.4, -0.2) is 31.3 Å². The number of anilines is 1. The average Bonchev–Trinajstić information content (AvgIpc) is 2.34. The monoisotopic (exact) mass is 266 g/mol. The van der Waals surface area contributed by atoms with Crippen LogP contribution in [0.2, 0.25) is 0 Å². The molecule has 0 saturated heterocycles. The number of hydrogen-bond donors (Lipinski definition) is 2. The zero-order valence-electron chi connectivity index (χ0n) is 11.7. The van der Waals surface area contributed by atoms with E-state index in [4.69, 9.17) is 15.2 Å². The van der Waals surface area contributed by atoms with Crippen LogP contribution in [0.5, 0.6) is 5.75 Å². The number of nitrogens with one attached hydrogen (secondary N) is 1. The molecule has 0 radical (unpaired) electrons. The number of amides is 1. The first-order valence-electron chi connectivity index (χ1n) is 6.28. The van der Waals surface area contributed by atoms with E-state index < -0.39 is 0 Å². The van der Waals surface area contributed by atoms with E-state index in [0.717, 1.165) is 0 Å². The smallest absolute Gasteiger partial charge is 0.250 e. The fourth-order valence-electron chi connectivity index (χ4n) is 1.33. The lowest BCUT2D eigenvalue weighted by Crippen LogP contribution is -2.27. The third-order valence-corrected chi connectivity index (χ3v) is 2.17. The SMILES string of the molecule is CC(C)(C)OCC(=O)Nc1ccccc1OCCN. The molecule has 0 aliphatic carbocycles. The molecule has 0 aliphatic heterocycles. The van der Waals surface area contributed by atoms with Crippen molar-refractivity contribution in [2.45, 2.75) is 26.4 Å². The molecule has 5 heteroatoms. The maximum absolute atomic E-state index is 11.8. The molecule has 19 heavy (non-hydrogen) atoms. The van der Waals surface area contributed by atoms with E-state index in [-0.39, 0.29) is 18.1 Å². The molecule has 1 rings (SSSR count). The van der Waals surface area contributed by atoms with Gasteiger partial charge in [0.15, 0.2) is 0 Å². The number of para-hydroxylation sites is 2. The van der Waals surface area contributed by atoms with Crippen molar-refractivity contribution in [3.05, 3.63) is 24.3 Å². The Bertz CT molecular complexity index is 413. The third kappa shape index (κ3) is 6.22. The van der Waals surface area contributed by atoms with Crippen LogP contribution >= 0.6 is 0 Å². The first-order chi connectivity index (χ1) is 8.92. The topological polar surface area (TPSA) is 73.6 Å². The Balaban J connectivity index is 2.58. The lowest BCUT2D eigenvalue weighted by atomic mass is 10.2. The van der Waals surface area contributed by atoms with E-state index in [0.29, 0.717) is 24.6 Å². The highest BCUT2D eigenvalue weighted by Crippen LogP contribution is 2.23. The van der Waals surface area contributed by atoms with Crippen molar-refractivity contribution in [3.8, 4) is 5.75 Å². The van der Waals surface area contributed by atoms with Gasteiger partial charge in [-0.2, -0.15) is 0 Å². The molecule has 1 aromatic rings. The molecular formula is C14H22N2O3. The van der Waals surface area contributed by atoms with Gasteiger partial charge in [0.1, 0.15) is 19.0 Å². The van der Waals surface area contributed by atoms with Crippen LogP contribution in [0.15, 0.2) is 24.3 Å². The highest BCUT2D eigenvalue weighted by atomic mass is 16.5. The molecule has 0 aromatic heterocycles. The fraction of sp³-hybridized carbons (Fsp3) is 0.500. The van der Waals surface area contributed by atoms with E-state index in [1.54, 1.807) is 12.1 Å². The van der Waals surface area contributed by atoms with Crippen molar-refractivity contribution in [1.29, 1.82) is 0 Å². The summed E-state index contributed by atoms with van der Waals surface area (Å²) < 4.78 is 10.9. The number of rotatable bonds is 6. The van der Waals surface area contributed by atoms with Crippen LogP contribution in [0.3, 0.4) is 0 Å². The Kier molecular flexibility index (Phi) is 5.79. The maximum Gasteiger partial charge on any atom is 0.250 e. The van der Waals surface area contributed by atoms with Gasteiger partial charge in [-0.1, -0.05) is 12.1 Å². The van der Waals surface area contributed by atoms with Gasteiger partial charge < -0.3 is 20.5 Å². The van der Waals surface area contributed by atoms with Gasteiger partial charge in [0, 0.05) is 6.54 Å². The van der Waals surface area contributed by atoms with Crippen molar-refractivity contribution in [2.75, 3.05) is 25.1 Å². The van der Waals surface area contributed by atoms with Crippen molar-refractivity contribution >= 4 is 11.6 Å². The second kappa shape index (κ2) is 7.11. The summed E-state index contributed by atoms with van der Waals surface area (Å²) in [5.74, 6) is 0.399. The summed E-state index contributed by atoms with van der Waals surface area (Å²) in [6.45, 7) is 6.55. The van der Waals surface area contributed by atoms with Crippen molar-refractivity contribution < 1.29 is 14.3 Å². The third-order valence-electron chi connectivity index (χ3n) is 2.17. The minimum atomic E-state index is -0.340. The van der Waals surface area contributed by atoms with Gasteiger partial charge >= 0.3 is 0 Å². The quantitative estimate of drug-likeness (QED) is 0.823. The van der Waals surface area contributed by atoms with Gasteiger partial charge in [0.2, 0.25) is 5.91 Å². The molecule has 5 nitrogen and oxygen atoms in total. The number of hydrogen-bond acceptors (Lipinski definition) is 4. The van der Waals surface area contributed by atoms with Gasteiger partial charge in [-0.15, -0.1) is 0 Å². The fourth-order valence-corrected chi connectivity index (χ4v) is 1.33. The second-order valence-corrected chi connectivity index (χ2v) is 5.08. The van der Waals surface area contributed by atoms with Gasteiger partial charge in [-0.3, -0.25) is 4.79 Å². The van der Waals surface area contributed by atoms with Gasteiger partial charge in [-0.05, 0) is 32.9 Å². The Morgan fingerprint density at radius 3 is 2.63 bits per heavy atom. The first-order valence-corrected chi connectivity index (χ1v) is 6.28. The number of benzene rings is 1. The number of carbonyl (C=O) groups is 1. The Hall–Kier alpha value is -1.59. The molecule has 0 unspecified atom stereocenters. The van der Waals surface area contributed by atoms with Crippen LogP contribution in [0.25, 0.3) is 0 Å². The predicted molar refractivity (Wildman–Crippen MR) is 75.3 cm³/mol. The van der Waals surface area contributed by atoms with E-state index in [1.165, 1.54) is 0 Å². The summed E-state index contributed by atoms with van der Waals surface area (Å²) in [5, 5.41) is 2.76. The molecule has 0 aliphatic rings. The number of carbonyl (C=O) groups excluding carboxylic acids is 1. The molecule has 0 heterocycles. The Labute approximate surface area is 114 Å². The van der Waals surface area contributed by atoms with E-state index >= 15 is 0 Å². The van der Waals surface area contributed by atoms with Crippen LogP contribution < -0.4 is 15.8 Å². The second-order valence-electron chi connectivity index (χ2n) is 5.08. The summed E-state index contributed by atoms with van der Waals surface area (Å²) in [5.41, 5.74) is 5.67. The van der Waals surface area contributed by atoms with Gasteiger partial charge in [0.25, 0.3) is 0 Å². The van der Waals surface area contributed by atoms with Crippen molar-refractivity contribution in [1.82, 2.24) is 0 Å². The molecular weight excluding hydrogens is 244 g/mol. The van der Waals surface area contributed by atoms with Crippen LogP contribution in [0.4, 0.5) is 5.69 Å². The summed E-state index contributed by atoms with van der Waals surface area (Å²) >= 11 is 0. The molecule has 0 fully saturated rings. The van der Waals surface area contributed by atoms with Crippen LogP contribution in [0, 0.1) is 0 Å². The van der Waals surface area contributed by atoms with E-state index in [2.05, 4.69) is 5.32 Å². The lowest BCUT2D eigenvalue weighted by molar-refractivity contribution is -0.125. The highest BCUT2D eigenvalue weighted by Gasteiger charge is 2.14. The molecule has 1 amide bonds. The van der Waals surface area contributed by atoms with Crippen molar-refractivity contribution in [3.63, 3.8) is 0 Å². The van der Waals surface area contributed by atoms with E-state index in [9.17, 15) is 4.79 Å². The van der Waals surface area contributed by atoms with Crippen LogP contribution in [-0.2, 0) is 9.53 Å². The minimum absolute atomic E-state index is 0.00865. The molecule has 0 bridgehead atoms. The zero-order valence-corrected chi connectivity index (χ0v) is 11.7. The Morgan fingerprint density at radius 1 is 1.32 bits per heavy atom. The summed E-state index contributed by atoms with van der Waals surface area (Å²) in [4.78, 5) is 11.8. The van der Waals surface area contributed by atoms with Crippen LogP contribution in [0.1, 0.15) is 20.8 Å². The minimum Gasteiger partial charge on any atom is -0.490 e. The van der Waals surface area contributed by atoms with E-state index in [1.807, 2.05) is 32.9 Å². The molecule has 0 atom stereocenters. The summed E-state index contributed by atoms with van der Waals surface area (Å²) in [6, 6.07) is 7.24. The van der Waals surface area contributed by atoms with Gasteiger partial charge in [0.05, 0.1) is 11.3 Å². The molecule has 106 valence electrons. The normalized spacial score (nSPS) is 11.2. The number of nitrogens with two attached hydrogens (primary N) is 1. The first kappa shape index (κ1) is 15.5. The standard InChI is InChI=1S/C14H22N2O3/c1-14(2,3)19-10-13(17)16-11-6-4-5-7-12(11)18-9-8-15/h4-7H,8-10,15H2,1-3H3,(H,16,17). The highest BCUT2D eigenvalue weighted by molar-refractivity contribution is 5.93. The molecule has 3 N–H and O–H groups in total. The molecule has 0 saturated carbocycles. The average molecular weight is 266 g/mol. The molecule has 0 spiro atoms. The van der Waals surface area contributed by atoms with Crippen molar-refractivity contribution in [2.24, 2.45) is 5.73 Å². The molecule has 1 aromatic carbocycles. The zero-order chi connectivity index (χ0) is 14.3. The van der Waals surface area contributed by atoms with Gasteiger partial charge in [-0.25, -0.2) is 0 Å². The summed E-state index contributed by atoms with van der Waals surface area (Å²) in [6.07, 6.45) is 0. The number of ether oxygens (including phenoxy) is 2. The largest absolute Gasteiger partial charge is 0.490 e. The lowest BCUT2D eigenvalue weighted by Gasteiger charge is -2.19.